The Bertz CT molecular complexity index is 913. The fraction of sp³-hybridized carbons (Fsp3) is 0.435. The number of carboxylic acid groups (broad SMARTS) is 1. The highest BCUT2D eigenvalue weighted by Crippen LogP contribution is 2.51. The van der Waals surface area contributed by atoms with Crippen LogP contribution in [0.3, 0.4) is 0 Å². The quantitative estimate of drug-likeness (QED) is 0.831. The Balaban J connectivity index is 1.37. The summed E-state index contributed by atoms with van der Waals surface area (Å²) in [5.41, 5.74) is 5.67. The van der Waals surface area contributed by atoms with Crippen LogP contribution in [0.15, 0.2) is 36.4 Å². The number of ether oxygens (including phenoxy) is 2. The molecule has 2 aromatic rings. The Morgan fingerprint density at radius 3 is 2.89 bits per heavy atom. The predicted octanol–water partition coefficient (Wildman–Crippen LogP) is 4.76. The first kappa shape index (κ1) is 16.7. The van der Waals surface area contributed by atoms with E-state index < -0.39 is 5.97 Å². The van der Waals surface area contributed by atoms with Crippen LogP contribution in [0.5, 0.6) is 11.5 Å². The zero-order chi connectivity index (χ0) is 18.6. The fourth-order valence-corrected chi connectivity index (χ4v) is 4.64. The molecule has 1 N–H and O–H groups in total. The van der Waals surface area contributed by atoms with E-state index in [1.54, 1.807) is 0 Å². The Morgan fingerprint density at radius 1 is 1.26 bits per heavy atom. The molecule has 4 heteroatoms. The van der Waals surface area contributed by atoms with Crippen molar-refractivity contribution >= 4 is 5.97 Å². The van der Waals surface area contributed by atoms with Crippen molar-refractivity contribution in [2.75, 3.05) is 6.61 Å². The Morgan fingerprint density at radius 2 is 2.11 bits per heavy atom. The van der Waals surface area contributed by atoms with Gasteiger partial charge in [0.1, 0.15) is 17.6 Å². The lowest BCUT2D eigenvalue weighted by molar-refractivity contribution is -0.137. The van der Waals surface area contributed by atoms with Gasteiger partial charge in [0, 0.05) is 17.5 Å². The van der Waals surface area contributed by atoms with E-state index in [1.165, 1.54) is 29.5 Å². The van der Waals surface area contributed by atoms with E-state index in [-0.39, 0.29) is 18.4 Å². The van der Waals surface area contributed by atoms with Gasteiger partial charge in [0.15, 0.2) is 0 Å². The predicted molar refractivity (Wildman–Crippen MR) is 102 cm³/mol. The van der Waals surface area contributed by atoms with Crippen LogP contribution in [0, 0.1) is 0 Å². The number of benzene rings is 2. The van der Waals surface area contributed by atoms with Crippen molar-refractivity contribution in [1.82, 2.24) is 0 Å². The molecule has 0 aromatic heterocycles. The van der Waals surface area contributed by atoms with Crippen LogP contribution >= 0.6 is 0 Å². The molecule has 5 rings (SSSR count). The highest BCUT2D eigenvalue weighted by Gasteiger charge is 2.42. The van der Waals surface area contributed by atoms with Gasteiger partial charge in [-0.25, -0.2) is 0 Å². The van der Waals surface area contributed by atoms with Crippen molar-refractivity contribution in [1.29, 1.82) is 0 Å². The highest BCUT2D eigenvalue weighted by atomic mass is 16.5. The van der Waals surface area contributed by atoms with Gasteiger partial charge >= 0.3 is 5.97 Å². The topological polar surface area (TPSA) is 55.8 Å². The zero-order valence-electron chi connectivity index (χ0n) is 15.5. The van der Waals surface area contributed by atoms with Crippen LogP contribution < -0.4 is 9.47 Å². The van der Waals surface area contributed by atoms with Gasteiger partial charge in [-0.1, -0.05) is 31.2 Å². The van der Waals surface area contributed by atoms with Crippen LogP contribution in [0.1, 0.15) is 66.9 Å². The molecule has 3 aliphatic rings. The van der Waals surface area contributed by atoms with E-state index in [9.17, 15) is 4.79 Å². The second-order valence-electron chi connectivity index (χ2n) is 8.38. The number of carbonyl (C=O) groups is 1. The fourth-order valence-electron chi connectivity index (χ4n) is 4.64. The Labute approximate surface area is 159 Å². The SMILES string of the molecule is CC1(c2cccc3c2CC[C@H]3Oc2ccc3c(c2)OCC3CC(=O)O)CC1. The van der Waals surface area contributed by atoms with E-state index in [0.717, 1.165) is 29.9 Å². The molecule has 2 aromatic carbocycles. The van der Waals surface area contributed by atoms with E-state index in [1.807, 2.05) is 18.2 Å². The van der Waals surface area contributed by atoms with Gasteiger partial charge in [-0.05, 0) is 53.9 Å². The first-order valence-corrected chi connectivity index (χ1v) is 9.81. The Hall–Kier alpha value is -2.49. The molecular weight excluding hydrogens is 340 g/mol. The van der Waals surface area contributed by atoms with Crippen molar-refractivity contribution in [3.8, 4) is 11.5 Å². The van der Waals surface area contributed by atoms with Gasteiger partial charge < -0.3 is 14.6 Å². The largest absolute Gasteiger partial charge is 0.492 e. The molecule has 1 heterocycles. The molecule has 140 valence electrons. The summed E-state index contributed by atoms with van der Waals surface area (Å²) in [6, 6.07) is 12.5. The lowest BCUT2D eigenvalue weighted by Crippen LogP contribution is -2.07. The van der Waals surface area contributed by atoms with Gasteiger partial charge in [-0.3, -0.25) is 4.79 Å². The molecular formula is C23H24O4. The lowest BCUT2D eigenvalue weighted by Gasteiger charge is -2.18. The Kier molecular flexibility index (Phi) is 3.71. The van der Waals surface area contributed by atoms with Crippen LogP contribution in [0.25, 0.3) is 0 Å². The normalized spacial score (nSPS) is 24.0. The molecule has 1 fully saturated rings. The number of fused-ring (bicyclic) bond motifs is 2. The second kappa shape index (κ2) is 6.01. The lowest BCUT2D eigenvalue weighted by atomic mass is 9.91. The van der Waals surface area contributed by atoms with E-state index in [4.69, 9.17) is 14.6 Å². The molecule has 0 bridgehead atoms. The minimum atomic E-state index is -0.792. The minimum Gasteiger partial charge on any atom is -0.492 e. The van der Waals surface area contributed by atoms with Crippen LogP contribution in [0.2, 0.25) is 0 Å². The number of hydrogen-bond acceptors (Lipinski definition) is 3. The number of rotatable bonds is 5. The molecule has 1 aliphatic heterocycles. The summed E-state index contributed by atoms with van der Waals surface area (Å²) in [4.78, 5) is 11.0. The monoisotopic (exact) mass is 364 g/mol. The number of hydrogen-bond donors (Lipinski definition) is 1. The van der Waals surface area contributed by atoms with Crippen LogP contribution in [-0.2, 0) is 16.6 Å². The maximum atomic E-state index is 11.0. The van der Waals surface area contributed by atoms with Crippen molar-refractivity contribution in [3.63, 3.8) is 0 Å². The smallest absolute Gasteiger partial charge is 0.304 e. The molecule has 0 amide bonds. The van der Waals surface area contributed by atoms with Gasteiger partial charge in [-0.15, -0.1) is 0 Å². The third-order valence-electron chi connectivity index (χ3n) is 6.43. The summed E-state index contributed by atoms with van der Waals surface area (Å²) >= 11 is 0. The first-order valence-electron chi connectivity index (χ1n) is 9.81. The molecule has 2 aliphatic carbocycles. The summed E-state index contributed by atoms with van der Waals surface area (Å²) in [5.74, 6) is 0.696. The third kappa shape index (κ3) is 2.88. The standard InChI is InChI=1S/C23H24O4/c1-23(9-10-23)19-4-2-3-18-17(19)7-8-20(18)27-15-5-6-16-14(11-22(24)25)13-26-21(16)12-15/h2-6,12,14,20H,7-11,13H2,1H3,(H,24,25)/t14?,20-/m1/s1. The van der Waals surface area contributed by atoms with Crippen molar-refractivity contribution in [3.05, 3.63) is 58.7 Å². The molecule has 4 nitrogen and oxygen atoms in total. The molecule has 0 saturated heterocycles. The van der Waals surface area contributed by atoms with Crippen molar-refractivity contribution in [2.24, 2.45) is 0 Å². The summed E-state index contributed by atoms with van der Waals surface area (Å²) in [6.07, 6.45) is 4.83. The average molecular weight is 364 g/mol. The second-order valence-corrected chi connectivity index (χ2v) is 8.38. The molecule has 0 spiro atoms. The van der Waals surface area contributed by atoms with E-state index >= 15 is 0 Å². The molecule has 27 heavy (non-hydrogen) atoms. The van der Waals surface area contributed by atoms with Crippen LogP contribution in [-0.4, -0.2) is 17.7 Å². The average Bonchev–Trinajstić information content (AvgIpc) is 3.09. The summed E-state index contributed by atoms with van der Waals surface area (Å²) < 4.78 is 12.1. The summed E-state index contributed by atoms with van der Waals surface area (Å²) in [7, 11) is 0. The van der Waals surface area contributed by atoms with Crippen molar-refractivity contribution < 1.29 is 19.4 Å². The maximum Gasteiger partial charge on any atom is 0.304 e. The molecule has 0 radical (unpaired) electrons. The van der Waals surface area contributed by atoms with Gasteiger partial charge in [-0.2, -0.15) is 0 Å². The van der Waals surface area contributed by atoms with E-state index in [2.05, 4.69) is 25.1 Å². The summed E-state index contributed by atoms with van der Waals surface area (Å²) in [6.45, 7) is 2.79. The minimum absolute atomic E-state index is 0.0689. The molecule has 1 saturated carbocycles. The number of carboxylic acids is 1. The zero-order valence-corrected chi connectivity index (χ0v) is 15.5. The van der Waals surface area contributed by atoms with Gasteiger partial charge in [0.05, 0.1) is 13.0 Å². The number of aliphatic carboxylic acids is 1. The van der Waals surface area contributed by atoms with Gasteiger partial charge in [0.2, 0.25) is 0 Å². The first-order chi connectivity index (χ1) is 13.0. The van der Waals surface area contributed by atoms with Gasteiger partial charge in [0.25, 0.3) is 0 Å². The van der Waals surface area contributed by atoms with Crippen LogP contribution in [0.4, 0.5) is 0 Å². The molecule has 1 unspecified atom stereocenters. The highest BCUT2D eigenvalue weighted by molar-refractivity contribution is 5.68. The van der Waals surface area contributed by atoms with Crippen molar-refractivity contribution in [2.45, 2.75) is 56.5 Å². The van der Waals surface area contributed by atoms with E-state index in [0.29, 0.717) is 12.0 Å². The third-order valence-corrected chi connectivity index (χ3v) is 6.43. The summed E-state index contributed by atoms with van der Waals surface area (Å²) in [5, 5.41) is 9.04. The molecule has 2 atom stereocenters. The maximum absolute atomic E-state index is 11.0.